The maximum Gasteiger partial charge on any atom is 0.416 e. The summed E-state index contributed by atoms with van der Waals surface area (Å²) in [5.41, 5.74) is -0.604. The van der Waals surface area contributed by atoms with E-state index in [0.717, 1.165) is 18.2 Å². The molecule has 0 fully saturated rings. The summed E-state index contributed by atoms with van der Waals surface area (Å²) in [4.78, 5) is 12.0. The minimum absolute atomic E-state index is 0.0114. The standard InChI is InChI=1S/C23H20F4N2O4S/c1-33-21-8-3-2-7-20(21)29(15-22(30)28-14-16-9-11-18(24)12-10-16)34(31,32)19-6-4-5-17(13-19)23(25,26)27/h2-13H,14-15H2,1H3,(H,28,30). The molecule has 0 unspecified atom stereocenters. The second kappa shape index (κ2) is 10.1. The Labute approximate surface area is 193 Å². The molecule has 1 N–H and O–H groups in total. The maximum atomic E-state index is 13.4. The van der Waals surface area contributed by atoms with E-state index in [1.165, 1.54) is 49.6 Å². The van der Waals surface area contributed by atoms with E-state index in [1.807, 2.05) is 0 Å². The number of hydrogen-bond acceptors (Lipinski definition) is 4. The third-order valence-electron chi connectivity index (χ3n) is 4.79. The van der Waals surface area contributed by atoms with Crippen molar-refractivity contribution in [2.45, 2.75) is 17.6 Å². The van der Waals surface area contributed by atoms with E-state index in [2.05, 4.69) is 5.32 Å². The molecule has 0 aliphatic heterocycles. The normalized spacial score (nSPS) is 11.7. The number of nitrogens with zero attached hydrogens (tertiary/aromatic N) is 1. The Hall–Kier alpha value is -3.60. The molecule has 0 aromatic heterocycles. The first-order valence-corrected chi connectivity index (χ1v) is 11.3. The molecular weight excluding hydrogens is 476 g/mol. The van der Waals surface area contributed by atoms with Crippen LogP contribution in [0.4, 0.5) is 23.2 Å². The number of nitrogens with one attached hydrogen (secondary N) is 1. The molecule has 0 aliphatic carbocycles. The number of carbonyl (C=O) groups excluding carboxylic acids is 1. The second-order valence-electron chi connectivity index (χ2n) is 7.11. The molecule has 1 amide bonds. The summed E-state index contributed by atoms with van der Waals surface area (Å²) in [5.74, 6) is -1.08. The summed E-state index contributed by atoms with van der Waals surface area (Å²) >= 11 is 0. The monoisotopic (exact) mass is 496 g/mol. The van der Waals surface area contributed by atoms with E-state index in [-0.39, 0.29) is 18.0 Å². The maximum absolute atomic E-state index is 13.4. The summed E-state index contributed by atoms with van der Waals surface area (Å²) in [6.07, 6.45) is -4.76. The van der Waals surface area contributed by atoms with Crippen molar-refractivity contribution in [2.75, 3.05) is 18.0 Å². The number of alkyl halides is 3. The molecule has 3 aromatic rings. The van der Waals surface area contributed by atoms with Crippen LogP contribution < -0.4 is 14.4 Å². The highest BCUT2D eigenvalue weighted by molar-refractivity contribution is 7.92. The van der Waals surface area contributed by atoms with Crippen molar-refractivity contribution in [1.29, 1.82) is 0 Å². The van der Waals surface area contributed by atoms with Gasteiger partial charge < -0.3 is 10.1 Å². The fraction of sp³-hybridized carbons (Fsp3) is 0.174. The predicted octanol–water partition coefficient (Wildman–Crippen LogP) is 4.36. The van der Waals surface area contributed by atoms with Crippen molar-refractivity contribution in [3.63, 3.8) is 0 Å². The zero-order valence-electron chi connectivity index (χ0n) is 17.8. The average molecular weight is 496 g/mol. The Bertz CT molecular complexity index is 1260. The van der Waals surface area contributed by atoms with Gasteiger partial charge in [0, 0.05) is 6.54 Å². The Morgan fingerprint density at radius 1 is 1.00 bits per heavy atom. The highest BCUT2D eigenvalue weighted by Gasteiger charge is 2.34. The lowest BCUT2D eigenvalue weighted by Gasteiger charge is -2.26. The van der Waals surface area contributed by atoms with Crippen molar-refractivity contribution < 1.29 is 35.5 Å². The first kappa shape index (κ1) is 25.0. The predicted molar refractivity (Wildman–Crippen MR) is 117 cm³/mol. The number of carbonyl (C=O) groups is 1. The molecule has 3 aromatic carbocycles. The first-order chi connectivity index (χ1) is 16.0. The number of amides is 1. The quantitative estimate of drug-likeness (QED) is 0.470. The van der Waals surface area contributed by atoms with Gasteiger partial charge in [-0.05, 0) is 48.0 Å². The van der Waals surface area contributed by atoms with Gasteiger partial charge in [-0.15, -0.1) is 0 Å². The van der Waals surface area contributed by atoms with Gasteiger partial charge in [-0.2, -0.15) is 13.2 Å². The lowest BCUT2D eigenvalue weighted by atomic mass is 10.2. The van der Waals surface area contributed by atoms with E-state index in [1.54, 1.807) is 6.07 Å². The fourth-order valence-corrected chi connectivity index (χ4v) is 4.56. The van der Waals surface area contributed by atoms with Crippen LogP contribution in [0, 0.1) is 5.82 Å². The number of halogens is 4. The smallest absolute Gasteiger partial charge is 0.416 e. The number of para-hydroxylation sites is 2. The van der Waals surface area contributed by atoms with Crippen LogP contribution in [-0.2, 0) is 27.5 Å². The zero-order valence-corrected chi connectivity index (χ0v) is 18.7. The summed E-state index contributed by atoms with van der Waals surface area (Å²) in [6.45, 7) is -0.747. The SMILES string of the molecule is COc1ccccc1N(CC(=O)NCc1ccc(F)cc1)S(=O)(=O)c1cccc(C(F)(F)F)c1. The summed E-state index contributed by atoms with van der Waals surface area (Å²) in [5, 5.41) is 2.53. The van der Waals surface area contributed by atoms with Gasteiger partial charge in [0.05, 0.1) is 23.3 Å². The summed E-state index contributed by atoms with van der Waals surface area (Å²) in [7, 11) is -3.32. The van der Waals surface area contributed by atoms with Crippen LogP contribution in [0.1, 0.15) is 11.1 Å². The van der Waals surface area contributed by atoms with E-state index >= 15 is 0 Å². The molecule has 6 nitrogen and oxygen atoms in total. The van der Waals surface area contributed by atoms with Gasteiger partial charge in [0.15, 0.2) is 0 Å². The van der Waals surface area contributed by atoms with Crippen molar-refractivity contribution in [2.24, 2.45) is 0 Å². The van der Waals surface area contributed by atoms with Crippen molar-refractivity contribution in [3.05, 3.63) is 89.7 Å². The molecule has 0 heterocycles. The molecule has 0 atom stereocenters. The Morgan fingerprint density at radius 2 is 1.68 bits per heavy atom. The van der Waals surface area contributed by atoms with E-state index in [4.69, 9.17) is 4.74 Å². The number of rotatable bonds is 8. The van der Waals surface area contributed by atoms with Crippen molar-refractivity contribution >= 4 is 21.6 Å². The number of anilines is 1. The molecule has 3 rings (SSSR count). The van der Waals surface area contributed by atoms with Crippen molar-refractivity contribution in [1.82, 2.24) is 5.32 Å². The van der Waals surface area contributed by atoms with E-state index < -0.39 is 44.9 Å². The van der Waals surface area contributed by atoms with Crippen LogP contribution in [0.25, 0.3) is 0 Å². The molecule has 0 aliphatic rings. The Kier molecular flexibility index (Phi) is 7.45. The van der Waals surface area contributed by atoms with Gasteiger partial charge in [-0.3, -0.25) is 9.10 Å². The van der Waals surface area contributed by atoms with Crippen LogP contribution in [0.15, 0.2) is 77.7 Å². The molecule has 0 bridgehead atoms. The number of ether oxygens (including phenoxy) is 1. The fourth-order valence-electron chi connectivity index (χ4n) is 3.08. The molecule has 11 heteroatoms. The summed E-state index contributed by atoms with van der Waals surface area (Å²) in [6, 6.07) is 14.5. The second-order valence-corrected chi connectivity index (χ2v) is 8.97. The average Bonchev–Trinajstić information content (AvgIpc) is 2.81. The molecule has 34 heavy (non-hydrogen) atoms. The van der Waals surface area contributed by atoms with E-state index in [0.29, 0.717) is 15.9 Å². The van der Waals surface area contributed by atoms with E-state index in [9.17, 15) is 30.8 Å². The third kappa shape index (κ3) is 5.84. The van der Waals surface area contributed by atoms with Gasteiger partial charge in [0.1, 0.15) is 18.1 Å². The topological polar surface area (TPSA) is 75.7 Å². The van der Waals surface area contributed by atoms with Crippen LogP contribution in [0.2, 0.25) is 0 Å². The molecule has 0 radical (unpaired) electrons. The van der Waals surface area contributed by atoms with Gasteiger partial charge in [0.2, 0.25) is 5.91 Å². The van der Waals surface area contributed by atoms with Crippen LogP contribution in [0.3, 0.4) is 0 Å². The Balaban J connectivity index is 1.95. The zero-order chi connectivity index (χ0) is 24.9. The molecule has 0 spiro atoms. The molecule has 0 saturated heterocycles. The van der Waals surface area contributed by atoms with Gasteiger partial charge in [-0.25, -0.2) is 12.8 Å². The summed E-state index contributed by atoms with van der Waals surface area (Å²) < 4.78 is 85.3. The number of methoxy groups -OCH3 is 1. The molecule has 0 saturated carbocycles. The largest absolute Gasteiger partial charge is 0.495 e. The van der Waals surface area contributed by atoms with Crippen molar-refractivity contribution in [3.8, 4) is 5.75 Å². The highest BCUT2D eigenvalue weighted by atomic mass is 32.2. The number of benzene rings is 3. The third-order valence-corrected chi connectivity index (χ3v) is 6.55. The van der Waals surface area contributed by atoms with Crippen LogP contribution >= 0.6 is 0 Å². The number of hydrogen-bond donors (Lipinski definition) is 1. The minimum atomic E-state index is -4.76. The van der Waals surface area contributed by atoms with Crippen LogP contribution in [-0.4, -0.2) is 28.0 Å². The lowest BCUT2D eigenvalue weighted by Crippen LogP contribution is -2.41. The van der Waals surface area contributed by atoms with Crippen LogP contribution in [0.5, 0.6) is 5.75 Å². The minimum Gasteiger partial charge on any atom is -0.495 e. The van der Waals surface area contributed by atoms with Gasteiger partial charge in [-0.1, -0.05) is 30.3 Å². The first-order valence-electron chi connectivity index (χ1n) is 9.86. The molecular formula is C23H20F4N2O4S. The molecule has 180 valence electrons. The Morgan fingerprint density at radius 3 is 2.32 bits per heavy atom. The van der Waals surface area contributed by atoms with Gasteiger partial charge in [0.25, 0.3) is 10.0 Å². The number of sulfonamides is 1. The highest BCUT2D eigenvalue weighted by Crippen LogP contribution is 2.34. The lowest BCUT2D eigenvalue weighted by molar-refractivity contribution is -0.137. The van der Waals surface area contributed by atoms with Gasteiger partial charge >= 0.3 is 6.18 Å².